The van der Waals surface area contributed by atoms with Crippen molar-refractivity contribution in [2.75, 3.05) is 13.1 Å². The summed E-state index contributed by atoms with van der Waals surface area (Å²) in [5, 5.41) is 0. The molecule has 0 N–H and O–H groups in total. The first-order chi connectivity index (χ1) is 8.75. The molecule has 0 aromatic heterocycles. The van der Waals surface area contributed by atoms with Crippen molar-refractivity contribution in [2.24, 2.45) is 23.2 Å². The Hall–Kier alpha value is -0.530. The first-order valence-corrected chi connectivity index (χ1v) is 8.05. The van der Waals surface area contributed by atoms with Gasteiger partial charge in [0.05, 0.1) is 5.41 Å². The van der Waals surface area contributed by atoms with Crippen LogP contribution >= 0.6 is 0 Å². The van der Waals surface area contributed by atoms with Crippen LogP contribution in [0, 0.1) is 23.2 Å². The summed E-state index contributed by atoms with van der Waals surface area (Å²) in [7, 11) is 0. The molecule has 1 heterocycles. The molecule has 1 saturated heterocycles. The minimum Gasteiger partial charge on any atom is -0.342 e. The van der Waals surface area contributed by atoms with Crippen molar-refractivity contribution < 1.29 is 4.79 Å². The van der Waals surface area contributed by atoms with E-state index in [4.69, 9.17) is 0 Å². The van der Waals surface area contributed by atoms with Gasteiger partial charge in [-0.1, -0.05) is 12.8 Å². The highest BCUT2D eigenvalue weighted by Crippen LogP contribution is 2.58. The van der Waals surface area contributed by atoms with Crippen molar-refractivity contribution in [3.8, 4) is 0 Å². The van der Waals surface area contributed by atoms with Crippen LogP contribution in [-0.2, 0) is 4.79 Å². The lowest BCUT2D eigenvalue weighted by molar-refractivity contribution is -0.149. The molecule has 2 nitrogen and oxygen atoms in total. The highest BCUT2D eigenvalue weighted by molar-refractivity contribution is 5.83. The van der Waals surface area contributed by atoms with Crippen molar-refractivity contribution in [3.05, 3.63) is 0 Å². The predicted molar refractivity (Wildman–Crippen MR) is 71.0 cm³/mol. The summed E-state index contributed by atoms with van der Waals surface area (Å²) in [6.07, 6.45) is 11.9. The Labute approximate surface area is 110 Å². The van der Waals surface area contributed by atoms with Gasteiger partial charge in [-0.2, -0.15) is 0 Å². The largest absolute Gasteiger partial charge is 0.342 e. The van der Waals surface area contributed by atoms with E-state index in [9.17, 15) is 4.79 Å². The molecule has 5 rings (SSSR count). The molecule has 2 unspecified atom stereocenters. The van der Waals surface area contributed by atoms with Crippen LogP contribution in [-0.4, -0.2) is 23.9 Å². The number of hydrogen-bond acceptors (Lipinski definition) is 1. The van der Waals surface area contributed by atoms with Gasteiger partial charge in [-0.05, 0) is 62.7 Å². The molecule has 0 radical (unpaired) electrons. The van der Waals surface area contributed by atoms with Gasteiger partial charge < -0.3 is 4.90 Å². The van der Waals surface area contributed by atoms with Crippen LogP contribution in [0.3, 0.4) is 0 Å². The average Bonchev–Trinajstić information content (AvgIpc) is 2.80. The Morgan fingerprint density at radius 2 is 1.44 bits per heavy atom. The minimum absolute atomic E-state index is 0.0946. The maximum Gasteiger partial charge on any atom is 0.228 e. The van der Waals surface area contributed by atoms with E-state index < -0.39 is 0 Å². The number of carbonyl (C=O) groups excluding carboxylic acids is 1. The molecule has 4 aliphatic carbocycles. The van der Waals surface area contributed by atoms with E-state index in [1.54, 1.807) is 0 Å². The molecule has 5 aliphatic rings. The third-order valence-electron chi connectivity index (χ3n) is 6.20. The Morgan fingerprint density at radius 1 is 0.889 bits per heavy atom. The van der Waals surface area contributed by atoms with Crippen LogP contribution in [0.25, 0.3) is 0 Å². The molecule has 0 aromatic rings. The zero-order valence-corrected chi connectivity index (χ0v) is 11.4. The Balaban J connectivity index is 1.63. The highest BCUT2D eigenvalue weighted by atomic mass is 16.2. The minimum atomic E-state index is 0.0946. The second-order valence-electron chi connectivity index (χ2n) is 7.54. The normalized spacial score (nSPS) is 46.4. The first-order valence-electron chi connectivity index (χ1n) is 8.05. The second kappa shape index (κ2) is 3.98. The van der Waals surface area contributed by atoms with E-state index in [1.807, 2.05) is 0 Å². The average molecular weight is 247 g/mol. The fraction of sp³-hybridized carbons (Fsp3) is 0.938. The fourth-order valence-corrected chi connectivity index (χ4v) is 5.71. The lowest BCUT2D eigenvalue weighted by Crippen LogP contribution is -2.49. The molecule has 0 aromatic carbocycles. The highest BCUT2D eigenvalue weighted by Gasteiger charge is 2.53. The molecule has 1 aliphatic heterocycles. The van der Waals surface area contributed by atoms with E-state index in [0.717, 1.165) is 30.8 Å². The van der Waals surface area contributed by atoms with Crippen molar-refractivity contribution in [1.82, 2.24) is 4.90 Å². The van der Waals surface area contributed by atoms with Gasteiger partial charge >= 0.3 is 0 Å². The van der Waals surface area contributed by atoms with E-state index in [0.29, 0.717) is 5.91 Å². The number of rotatable bonds is 1. The van der Waals surface area contributed by atoms with Gasteiger partial charge in [0, 0.05) is 13.1 Å². The SMILES string of the molecule is O=C(N1CCCC1)C12CC3C[C@@H](CC[C@@H](C3)C1)C2. The van der Waals surface area contributed by atoms with Crippen molar-refractivity contribution in [2.45, 2.75) is 57.8 Å². The lowest BCUT2D eigenvalue weighted by atomic mass is 9.58. The van der Waals surface area contributed by atoms with Gasteiger partial charge in [-0.3, -0.25) is 4.79 Å². The summed E-state index contributed by atoms with van der Waals surface area (Å²) in [6.45, 7) is 2.08. The summed E-state index contributed by atoms with van der Waals surface area (Å²) in [5.41, 5.74) is 0.0946. The molecule has 4 atom stereocenters. The van der Waals surface area contributed by atoms with Gasteiger partial charge in [0.15, 0.2) is 0 Å². The molecule has 2 heteroatoms. The summed E-state index contributed by atoms with van der Waals surface area (Å²) in [5.74, 6) is 3.20. The van der Waals surface area contributed by atoms with Crippen molar-refractivity contribution in [1.29, 1.82) is 0 Å². The van der Waals surface area contributed by atoms with Crippen LogP contribution in [0.15, 0.2) is 0 Å². The molecule has 4 bridgehead atoms. The van der Waals surface area contributed by atoms with Gasteiger partial charge in [0.25, 0.3) is 0 Å². The zero-order chi connectivity index (χ0) is 12.2. The van der Waals surface area contributed by atoms with Crippen LogP contribution in [0.2, 0.25) is 0 Å². The molecule has 5 fully saturated rings. The van der Waals surface area contributed by atoms with Gasteiger partial charge in [-0.15, -0.1) is 0 Å². The summed E-state index contributed by atoms with van der Waals surface area (Å²) in [4.78, 5) is 15.2. The molecule has 100 valence electrons. The molecule has 18 heavy (non-hydrogen) atoms. The maximum atomic E-state index is 13.0. The van der Waals surface area contributed by atoms with Crippen molar-refractivity contribution in [3.63, 3.8) is 0 Å². The molecule has 0 spiro atoms. The molecular formula is C16H25NO. The second-order valence-corrected chi connectivity index (χ2v) is 7.54. The number of fused-ring (bicyclic) bond motifs is 1. The molecule has 4 saturated carbocycles. The number of amides is 1. The monoisotopic (exact) mass is 247 g/mol. The maximum absolute atomic E-state index is 13.0. The van der Waals surface area contributed by atoms with E-state index >= 15 is 0 Å². The lowest BCUT2D eigenvalue weighted by Gasteiger charge is -2.48. The van der Waals surface area contributed by atoms with E-state index in [-0.39, 0.29) is 5.41 Å². The van der Waals surface area contributed by atoms with Crippen LogP contribution in [0.1, 0.15) is 57.8 Å². The van der Waals surface area contributed by atoms with Crippen LogP contribution in [0.4, 0.5) is 0 Å². The van der Waals surface area contributed by atoms with E-state index in [1.165, 1.54) is 57.8 Å². The Kier molecular flexibility index (Phi) is 2.50. The van der Waals surface area contributed by atoms with Crippen molar-refractivity contribution >= 4 is 5.91 Å². The van der Waals surface area contributed by atoms with Crippen LogP contribution in [0.5, 0.6) is 0 Å². The summed E-state index contributed by atoms with van der Waals surface area (Å²) in [6, 6.07) is 0. The van der Waals surface area contributed by atoms with Gasteiger partial charge in [-0.25, -0.2) is 0 Å². The third kappa shape index (κ3) is 1.64. The molecule has 1 amide bonds. The molecular weight excluding hydrogens is 222 g/mol. The first kappa shape index (κ1) is 11.3. The smallest absolute Gasteiger partial charge is 0.228 e. The zero-order valence-electron chi connectivity index (χ0n) is 11.4. The fourth-order valence-electron chi connectivity index (χ4n) is 5.71. The van der Waals surface area contributed by atoms with E-state index in [2.05, 4.69) is 4.90 Å². The van der Waals surface area contributed by atoms with Gasteiger partial charge in [0.1, 0.15) is 0 Å². The third-order valence-corrected chi connectivity index (χ3v) is 6.20. The Morgan fingerprint density at radius 3 is 2.06 bits per heavy atom. The number of carbonyl (C=O) groups is 1. The number of hydrogen-bond donors (Lipinski definition) is 0. The number of likely N-dealkylation sites (tertiary alicyclic amines) is 1. The predicted octanol–water partition coefficient (Wildman–Crippen LogP) is 3.22. The topological polar surface area (TPSA) is 20.3 Å². The summed E-state index contributed by atoms with van der Waals surface area (Å²) >= 11 is 0. The Bertz CT molecular complexity index is 342. The summed E-state index contributed by atoms with van der Waals surface area (Å²) < 4.78 is 0. The quantitative estimate of drug-likeness (QED) is 0.696. The van der Waals surface area contributed by atoms with Gasteiger partial charge in [0.2, 0.25) is 5.91 Å². The van der Waals surface area contributed by atoms with Crippen LogP contribution < -0.4 is 0 Å². The number of nitrogens with zero attached hydrogens (tertiary/aromatic N) is 1. The standard InChI is InChI=1S/C16H25NO/c18-15(17-5-1-2-6-17)16-9-12-3-4-13(10-16)8-14(7-12)11-16/h12-14H,1-11H2/t12-,13+,14?,16?.